The number of hydrogen-bond acceptors (Lipinski definition) is 4. The number of ether oxygens (including phenoxy) is 1. The van der Waals surface area contributed by atoms with Crippen molar-refractivity contribution in [2.24, 2.45) is 0 Å². The van der Waals surface area contributed by atoms with Gasteiger partial charge in [0.25, 0.3) is 0 Å². The van der Waals surface area contributed by atoms with E-state index in [4.69, 9.17) is 14.0 Å². The van der Waals surface area contributed by atoms with Crippen molar-refractivity contribution >= 4 is 28.5 Å². The first kappa shape index (κ1) is 17.6. The first-order valence-corrected chi connectivity index (χ1v) is 7.42. The van der Waals surface area contributed by atoms with E-state index in [1.165, 1.54) is 12.3 Å². The lowest BCUT2D eigenvalue weighted by atomic mass is 9.79. The number of alkyl halides is 3. The van der Waals surface area contributed by atoms with Gasteiger partial charge in [-0.2, -0.15) is 13.2 Å². The van der Waals surface area contributed by atoms with Crippen molar-refractivity contribution in [1.82, 2.24) is 4.98 Å². The molecule has 0 aromatic carbocycles. The Balaban J connectivity index is 2.32. The quantitative estimate of drug-likeness (QED) is 0.596. The maximum Gasteiger partial charge on any atom is 0.501 e. The highest BCUT2D eigenvalue weighted by Crippen LogP contribution is 2.37. The molecule has 122 valence electrons. The zero-order valence-corrected chi connectivity index (χ0v) is 14.2. The van der Waals surface area contributed by atoms with Gasteiger partial charge in [-0.1, -0.05) is 0 Å². The summed E-state index contributed by atoms with van der Waals surface area (Å²) in [6, 6.07) is 1.36. The van der Waals surface area contributed by atoms with E-state index in [-0.39, 0.29) is 5.75 Å². The summed E-state index contributed by atoms with van der Waals surface area (Å²) in [4.78, 5) is 4.02. The zero-order valence-electron chi connectivity index (χ0n) is 12.6. The Morgan fingerprint density at radius 1 is 1.23 bits per heavy atom. The van der Waals surface area contributed by atoms with E-state index in [1.54, 1.807) is 0 Å². The van der Waals surface area contributed by atoms with Crippen LogP contribution in [0, 0.1) is 0 Å². The molecule has 0 atom stereocenters. The van der Waals surface area contributed by atoms with Crippen LogP contribution in [0.15, 0.2) is 16.9 Å². The molecule has 2 heterocycles. The molecule has 0 aliphatic carbocycles. The SMILES string of the molecule is CC1(C)OB(c2c(OCC(F)(F)F)ccnc2Br)OC1(C)C. The predicted molar refractivity (Wildman–Crippen MR) is 79.2 cm³/mol. The second-order valence-corrected chi connectivity index (χ2v) is 6.76. The van der Waals surface area contributed by atoms with Gasteiger partial charge < -0.3 is 14.0 Å². The van der Waals surface area contributed by atoms with E-state index in [9.17, 15) is 13.2 Å². The molecule has 0 saturated carbocycles. The number of hydrogen-bond donors (Lipinski definition) is 0. The van der Waals surface area contributed by atoms with Gasteiger partial charge in [0.15, 0.2) is 6.61 Å². The summed E-state index contributed by atoms with van der Waals surface area (Å²) < 4.78 is 54.0. The average molecular weight is 382 g/mol. The van der Waals surface area contributed by atoms with Crippen molar-refractivity contribution in [3.63, 3.8) is 0 Å². The van der Waals surface area contributed by atoms with Gasteiger partial charge in [-0.3, -0.25) is 0 Å². The number of halogens is 4. The Morgan fingerprint density at radius 3 is 2.27 bits per heavy atom. The second kappa shape index (κ2) is 5.69. The van der Waals surface area contributed by atoms with Crippen LogP contribution >= 0.6 is 15.9 Å². The summed E-state index contributed by atoms with van der Waals surface area (Å²) in [5.41, 5.74) is -0.923. The highest BCUT2D eigenvalue weighted by molar-refractivity contribution is 9.10. The Morgan fingerprint density at radius 2 is 1.77 bits per heavy atom. The van der Waals surface area contributed by atoms with Crippen molar-refractivity contribution in [2.45, 2.75) is 45.1 Å². The first-order valence-electron chi connectivity index (χ1n) is 6.62. The fraction of sp³-hybridized carbons (Fsp3) is 0.615. The highest BCUT2D eigenvalue weighted by Gasteiger charge is 2.53. The number of aromatic nitrogens is 1. The smallest absolute Gasteiger partial charge is 0.484 e. The van der Waals surface area contributed by atoms with Gasteiger partial charge >= 0.3 is 13.3 Å². The Kier molecular flexibility index (Phi) is 4.54. The van der Waals surface area contributed by atoms with Gasteiger partial charge in [0, 0.05) is 6.20 Å². The fourth-order valence-electron chi connectivity index (χ4n) is 1.89. The van der Waals surface area contributed by atoms with Gasteiger partial charge in [-0.05, 0) is 49.7 Å². The number of pyridine rings is 1. The van der Waals surface area contributed by atoms with E-state index in [0.717, 1.165) is 0 Å². The molecular weight excluding hydrogens is 366 g/mol. The van der Waals surface area contributed by atoms with Crippen LogP contribution in [0.5, 0.6) is 5.75 Å². The van der Waals surface area contributed by atoms with Gasteiger partial charge in [-0.25, -0.2) is 4.98 Å². The summed E-state index contributed by atoms with van der Waals surface area (Å²) >= 11 is 3.22. The second-order valence-electron chi connectivity index (χ2n) is 6.01. The van der Waals surface area contributed by atoms with Crippen LogP contribution in [0.25, 0.3) is 0 Å². The van der Waals surface area contributed by atoms with Crippen LogP contribution in [-0.4, -0.2) is 36.1 Å². The van der Waals surface area contributed by atoms with Crippen LogP contribution in [0.3, 0.4) is 0 Å². The lowest BCUT2D eigenvalue weighted by Crippen LogP contribution is -2.41. The van der Waals surface area contributed by atoms with Crippen molar-refractivity contribution in [3.8, 4) is 5.75 Å². The van der Waals surface area contributed by atoms with Crippen molar-refractivity contribution in [2.75, 3.05) is 6.61 Å². The van der Waals surface area contributed by atoms with E-state index in [1.807, 2.05) is 27.7 Å². The highest BCUT2D eigenvalue weighted by atomic mass is 79.9. The van der Waals surface area contributed by atoms with E-state index in [0.29, 0.717) is 10.1 Å². The third-order valence-electron chi connectivity index (χ3n) is 3.78. The minimum Gasteiger partial charge on any atom is -0.484 e. The molecule has 1 fully saturated rings. The van der Waals surface area contributed by atoms with Gasteiger partial charge in [0.05, 0.1) is 16.7 Å². The van der Waals surface area contributed by atoms with Crippen molar-refractivity contribution < 1.29 is 27.2 Å². The first-order chi connectivity index (χ1) is 9.93. The third-order valence-corrected chi connectivity index (χ3v) is 4.41. The average Bonchev–Trinajstić information content (AvgIpc) is 2.54. The van der Waals surface area contributed by atoms with E-state index in [2.05, 4.69) is 20.9 Å². The predicted octanol–water partition coefficient (Wildman–Crippen LogP) is 3.08. The van der Waals surface area contributed by atoms with Gasteiger partial charge in [0.2, 0.25) is 0 Å². The topological polar surface area (TPSA) is 40.6 Å². The van der Waals surface area contributed by atoms with Crippen LogP contribution in [-0.2, 0) is 9.31 Å². The summed E-state index contributed by atoms with van der Waals surface area (Å²) in [6.45, 7) is 6.03. The molecule has 0 bridgehead atoms. The number of rotatable bonds is 3. The minimum atomic E-state index is -4.43. The minimum absolute atomic E-state index is 0.0256. The van der Waals surface area contributed by atoms with Crippen LogP contribution < -0.4 is 10.2 Å². The zero-order chi connectivity index (χ0) is 16.8. The Bertz CT molecular complexity index is 550. The molecule has 2 rings (SSSR count). The number of nitrogens with zero attached hydrogens (tertiary/aromatic N) is 1. The molecule has 1 aromatic rings. The molecule has 0 radical (unpaired) electrons. The fourth-order valence-corrected chi connectivity index (χ4v) is 2.39. The molecule has 4 nitrogen and oxygen atoms in total. The maximum absolute atomic E-state index is 12.4. The molecule has 1 aliphatic rings. The molecule has 1 aliphatic heterocycles. The maximum atomic E-state index is 12.4. The van der Waals surface area contributed by atoms with Gasteiger partial charge in [-0.15, -0.1) is 0 Å². The monoisotopic (exact) mass is 381 g/mol. The molecule has 22 heavy (non-hydrogen) atoms. The van der Waals surface area contributed by atoms with Crippen molar-refractivity contribution in [1.29, 1.82) is 0 Å². The molecule has 1 saturated heterocycles. The van der Waals surface area contributed by atoms with Crippen LogP contribution in [0.1, 0.15) is 27.7 Å². The Labute approximate surface area is 135 Å². The lowest BCUT2D eigenvalue weighted by molar-refractivity contribution is -0.153. The normalized spacial score (nSPS) is 20.3. The van der Waals surface area contributed by atoms with Crippen molar-refractivity contribution in [3.05, 3.63) is 16.9 Å². The summed E-state index contributed by atoms with van der Waals surface area (Å²) in [5.74, 6) is 0.0256. The van der Waals surface area contributed by atoms with Gasteiger partial charge in [0.1, 0.15) is 10.4 Å². The molecule has 0 unspecified atom stereocenters. The standard InChI is InChI=1S/C13H16BBrF3NO3/c1-11(2)12(3,4)22-14(21-11)9-8(5-6-19-10(9)15)20-7-13(16,17)18/h5-6H,7H2,1-4H3. The lowest BCUT2D eigenvalue weighted by Gasteiger charge is -2.32. The van der Waals surface area contributed by atoms with E-state index < -0.39 is 31.1 Å². The Hall–Kier alpha value is -0.795. The molecular formula is C13H16BBrF3NO3. The largest absolute Gasteiger partial charge is 0.501 e. The molecule has 0 amide bonds. The summed E-state index contributed by atoms with van der Waals surface area (Å²) in [7, 11) is -0.865. The molecule has 0 spiro atoms. The summed E-state index contributed by atoms with van der Waals surface area (Å²) in [6.07, 6.45) is -3.08. The molecule has 1 aromatic heterocycles. The summed E-state index contributed by atoms with van der Waals surface area (Å²) in [5, 5.41) is 0. The van der Waals surface area contributed by atoms with Crippen LogP contribution in [0.4, 0.5) is 13.2 Å². The molecule has 9 heteroatoms. The van der Waals surface area contributed by atoms with E-state index >= 15 is 0 Å². The third kappa shape index (κ3) is 3.57. The molecule has 0 N–H and O–H groups in total. The van der Waals surface area contributed by atoms with Crippen LogP contribution in [0.2, 0.25) is 0 Å².